The molecule has 2 aromatic rings. The van der Waals surface area contributed by atoms with Crippen molar-refractivity contribution in [1.29, 1.82) is 0 Å². The molecular weight excluding hydrogens is 457 g/mol. The molecule has 0 heterocycles. The first kappa shape index (κ1) is 16.2. The topological polar surface area (TPSA) is 38.0 Å². The average molecular weight is 470 g/mol. The summed E-state index contributed by atoms with van der Waals surface area (Å²) in [5.41, 5.74) is 4.62. The van der Waals surface area contributed by atoms with Gasteiger partial charge in [-0.3, -0.25) is 11.3 Å². The molecule has 106 valence electrons. The highest BCUT2D eigenvalue weighted by atomic mass is 127. The minimum atomic E-state index is -0.279. The maximum Gasteiger partial charge on any atom is 0.137 e. The lowest BCUT2D eigenvalue weighted by molar-refractivity contribution is 0.544. The smallest absolute Gasteiger partial charge is 0.137 e. The van der Waals surface area contributed by atoms with Gasteiger partial charge in [0.2, 0.25) is 0 Å². The number of halogens is 4. The van der Waals surface area contributed by atoms with Crippen LogP contribution in [-0.2, 0) is 6.42 Å². The van der Waals surface area contributed by atoms with Gasteiger partial charge in [0.05, 0.1) is 10.5 Å². The van der Waals surface area contributed by atoms with Crippen molar-refractivity contribution in [2.45, 2.75) is 12.5 Å². The highest BCUT2D eigenvalue weighted by molar-refractivity contribution is 14.1. The van der Waals surface area contributed by atoms with Gasteiger partial charge in [0.25, 0.3) is 0 Å². The first-order chi connectivity index (χ1) is 9.52. The first-order valence-electron chi connectivity index (χ1n) is 5.87. The number of hydrogen-bond acceptors (Lipinski definition) is 2. The Kier molecular flexibility index (Phi) is 5.80. The quantitative estimate of drug-likeness (QED) is 0.391. The standard InChI is InChI=1S/C14H12BrClFIN2/c15-14-8(2-1-3-11(14)17)6-13(20-19)10-7-9(16)4-5-12(10)18/h1-5,7,13,20H,6,19H2. The lowest BCUT2D eigenvalue weighted by Gasteiger charge is -2.19. The highest BCUT2D eigenvalue weighted by Gasteiger charge is 2.16. The summed E-state index contributed by atoms with van der Waals surface area (Å²) in [5.74, 6) is 5.38. The Hall–Kier alpha value is -0.210. The third kappa shape index (κ3) is 3.71. The minimum absolute atomic E-state index is 0.140. The van der Waals surface area contributed by atoms with Crippen molar-refractivity contribution >= 4 is 50.1 Å². The lowest BCUT2D eigenvalue weighted by atomic mass is 9.99. The molecule has 2 rings (SSSR count). The van der Waals surface area contributed by atoms with Crippen molar-refractivity contribution in [3.05, 3.63) is 66.4 Å². The predicted molar refractivity (Wildman–Crippen MR) is 92.0 cm³/mol. The molecule has 0 aliphatic heterocycles. The van der Waals surface area contributed by atoms with Gasteiger partial charge in [-0.25, -0.2) is 4.39 Å². The summed E-state index contributed by atoms with van der Waals surface area (Å²) in [4.78, 5) is 0. The van der Waals surface area contributed by atoms with Crippen LogP contribution < -0.4 is 11.3 Å². The zero-order valence-corrected chi connectivity index (χ0v) is 14.8. The van der Waals surface area contributed by atoms with Crippen molar-refractivity contribution < 1.29 is 4.39 Å². The van der Waals surface area contributed by atoms with Gasteiger partial charge in [-0.2, -0.15) is 0 Å². The molecule has 6 heteroatoms. The third-order valence-electron chi connectivity index (χ3n) is 2.99. The molecular formula is C14H12BrClFIN2. The second-order valence-electron chi connectivity index (χ2n) is 4.30. The van der Waals surface area contributed by atoms with Crippen molar-refractivity contribution in [3.63, 3.8) is 0 Å². The molecule has 0 spiro atoms. The number of hydrazine groups is 1. The zero-order valence-electron chi connectivity index (χ0n) is 10.3. The van der Waals surface area contributed by atoms with Gasteiger partial charge in [-0.1, -0.05) is 23.7 Å². The fraction of sp³-hybridized carbons (Fsp3) is 0.143. The third-order valence-corrected chi connectivity index (χ3v) is 5.10. The fourth-order valence-corrected chi connectivity index (χ4v) is 3.28. The molecule has 2 nitrogen and oxygen atoms in total. The van der Waals surface area contributed by atoms with Gasteiger partial charge in [0.15, 0.2) is 0 Å². The van der Waals surface area contributed by atoms with Gasteiger partial charge in [-0.15, -0.1) is 0 Å². The van der Waals surface area contributed by atoms with Crippen LogP contribution in [0.5, 0.6) is 0 Å². The normalized spacial score (nSPS) is 12.4. The summed E-state index contributed by atoms with van der Waals surface area (Å²) in [5, 5.41) is 0.652. The van der Waals surface area contributed by atoms with Crippen LogP contribution in [0.3, 0.4) is 0 Å². The first-order valence-corrected chi connectivity index (χ1v) is 8.12. The van der Waals surface area contributed by atoms with E-state index in [0.717, 1.165) is 14.7 Å². The maximum atomic E-state index is 13.6. The van der Waals surface area contributed by atoms with E-state index in [9.17, 15) is 4.39 Å². The van der Waals surface area contributed by atoms with Crippen molar-refractivity contribution in [2.24, 2.45) is 5.84 Å². The molecule has 2 aromatic carbocycles. The van der Waals surface area contributed by atoms with Crippen LogP contribution in [0.2, 0.25) is 5.02 Å². The van der Waals surface area contributed by atoms with E-state index in [1.54, 1.807) is 6.07 Å². The maximum absolute atomic E-state index is 13.6. The van der Waals surface area contributed by atoms with E-state index in [0.29, 0.717) is 15.9 Å². The van der Waals surface area contributed by atoms with E-state index in [1.807, 2.05) is 24.3 Å². The summed E-state index contributed by atoms with van der Waals surface area (Å²) in [6.45, 7) is 0. The molecule has 3 N–H and O–H groups in total. The summed E-state index contributed by atoms with van der Waals surface area (Å²) in [6, 6.07) is 10.5. The van der Waals surface area contributed by atoms with Crippen LogP contribution in [0.4, 0.5) is 4.39 Å². The van der Waals surface area contributed by atoms with E-state index >= 15 is 0 Å². The molecule has 20 heavy (non-hydrogen) atoms. The van der Waals surface area contributed by atoms with Crippen LogP contribution in [-0.4, -0.2) is 0 Å². The van der Waals surface area contributed by atoms with E-state index in [-0.39, 0.29) is 11.9 Å². The molecule has 1 unspecified atom stereocenters. The van der Waals surface area contributed by atoms with Gasteiger partial charge in [0.1, 0.15) is 5.82 Å². The molecule has 0 fully saturated rings. The summed E-state index contributed by atoms with van der Waals surface area (Å²) >= 11 is 11.5. The largest absolute Gasteiger partial charge is 0.271 e. The Morgan fingerprint density at radius 1 is 1.35 bits per heavy atom. The molecule has 0 aliphatic carbocycles. The molecule has 0 aliphatic rings. The lowest BCUT2D eigenvalue weighted by Crippen LogP contribution is -2.30. The Morgan fingerprint density at radius 2 is 2.10 bits per heavy atom. The second kappa shape index (κ2) is 7.17. The molecule has 0 saturated heterocycles. The summed E-state index contributed by atoms with van der Waals surface area (Å²) < 4.78 is 15.1. The molecule has 0 amide bonds. The fourth-order valence-electron chi connectivity index (χ4n) is 1.97. The van der Waals surface area contributed by atoms with E-state index in [2.05, 4.69) is 43.9 Å². The van der Waals surface area contributed by atoms with Gasteiger partial charge >= 0.3 is 0 Å². The predicted octanol–water partition coefficient (Wildman–Crippen LogP) is 4.59. The summed E-state index contributed by atoms with van der Waals surface area (Å²) in [7, 11) is 0. The van der Waals surface area contributed by atoms with Gasteiger partial charge < -0.3 is 0 Å². The second-order valence-corrected chi connectivity index (χ2v) is 6.69. The Balaban J connectivity index is 2.34. The van der Waals surface area contributed by atoms with Crippen molar-refractivity contribution in [2.75, 3.05) is 0 Å². The Bertz CT molecular complexity index is 624. The minimum Gasteiger partial charge on any atom is -0.271 e. The number of benzene rings is 2. The van der Waals surface area contributed by atoms with Crippen LogP contribution in [0.25, 0.3) is 0 Å². The molecule has 0 radical (unpaired) electrons. The number of hydrogen-bond donors (Lipinski definition) is 2. The number of nitrogens with one attached hydrogen (secondary N) is 1. The Morgan fingerprint density at radius 3 is 2.80 bits per heavy atom. The van der Waals surface area contributed by atoms with Crippen molar-refractivity contribution in [1.82, 2.24) is 5.43 Å². The Labute approximate surface area is 144 Å². The van der Waals surface area contributed by atoms with Crippen LogP contribution in [0.1, 0.15) is 17.2 Å². The van der Waals surface area contributed by atoms with Crippen LogP contribution >= 0.6 is 50.1 Å². The molecule has 1 atom stereocenters. The monoisotopic (exact) mass is 468 g/mol. The van der Waals surface area contributed by atoms with Gasteiger partial charge in [0, 0.05) is 8.59 Å². The van der Waals surface area contributed by atoms with E-state index in [4.69, 9.17) is 17.4 Å². The number of nitrogens with two attached hydrogens (primary N) is 1. The van der Waals surface area contributed by atoms with E-state index < -0.39 is 0 Å². The molecule has 0 aromatic heterocycles. The van der Waals surface area contributed by atoms with Crippen LogP contribution in [0.15, 0.2) is 40.9 Å². The SMILES string of the molecule is NNC(Cc1cccc(F)c1Br)c1cc(Cl)ccc1I. The number of rotatable bonds is 4. The highest BCUT2D eigenvalue weighted by Crippen LogP contribution is 2.29. The van der Waals surface area contributed by atoms with Crippen LogP contribution in [0, 0.1) is 9.39 Å². The van der Waals surface area contributed by atoms with Crippen molar-refractivity contribution in [3.8, 4) is 0 Å². The molecule has 0 saturated carbocycles. The summed E-state index contributed by atoms with van der Waals surface area (Å²) in [6.07, 6.45) is 0.561. The zero-order chi connectivity index (χ0) is 14.7. The van der Waals surface area contributed by atoms with Gasteiger partial charge in [-0.05, 0) is 80.3 Å². The molecule has 0 bridgehead atoms. The average Bonchev–Trinajstić information content (AvgIpc) is 2.43. The van der Waals surface area contributed by atoms with E-state index in [1.165, 1.54) is 6.07 Å².